The van der Waals surface area contributed by atoms with Gasteiger partial charge in [-0.15, -0.1) is 0 Å². The minimum absolute atomic E-state index is 0.0631. The third kappa shape index (κ3) is 2.67. The van der Waals surface area contributed by atoms with Crippen LogP contribution in [-0.4, -0.2) is 5.78 Å². The number of ketones is 1. The summed E-state index contributed by atoms with van der Waals surface area (Å²) in [4.78, 5) is 12.0. The van der Waals surface area contributed by atoms with Crippen LogP contribution in [0.5, 0.6) is 0 Å². The first kappa shape index (κ1) is 14.1. The SMILES string of the molecule is O=C(c1cc(F)c(Cl)cc1F)c1cccc(Br)c1F. The minimum atomic E-state index is -1.00. The maximum Gasteiger partial charge on any atom is 0.199 e. The average Bonchev–Trinajstić information content (AvgIpc) is 2.36. The molecule has 0 saturated heterocycles. The van der Waals surface area contributed by atoms with Crippen LogP contribution in [0.1, 0.15) is 15.9 Å². The highest BCUT2D eigenvalue weighted by Crippen LogP contribution is 2.25. The molecule has 0 aliphatic heterocycles. The van der Waals surface area contributed by atoms with E-state index in [0.29, 0.717) is 12.1 Å². The number of rotatable bonds is 2. The maximum atomic E-state index is 13.7. The summed E-state index contributed by atoms with van der Waals surface area (Å²) in [6, 6.07) is 5.34. The van der Waals surface area contributed by atoms with Crippen molar-refractivity contribution in [2.75, 3.05) is 0 Å². The van der Waals surface area contributed by atoms with E-state index >= 15 is 0 Å². The number of hydrogen-bond acceptors (Lipinski definition) is 1. The number of carbonyl (C=O) groups is 1. The van der Waals surface area contributed by atoms with Gasteiger partial charge in [-0.25, -0.2) is 13.2 Å². The van der Waals surface area contributed by atoms with Gasteiger partial charge in [0.25, 0.3) is 0 Å². The Morgan fingerprint density at radius 1 is 1.05 bits per heavy atom. The third-order valence-electron chi connectivity index (χ3n) is 2.45. The molecule has 2 rings (SSSR count). The van der Waals surface area contributed by atoms with Gasteiger partial charge in [-0.1, -0.05) is 17.7 Å². The molecule has 0 heterocycles. The molecule has 98 valence electrons. The molecule has 0 bridgehead atoms. The number of halogens is 5. The van der Waals surface area contributed by atoms with E-state index in [-0.39, 0.29) is 10.0 Å². The van der Waals surface area contributed by atoms with E-state index in [9.17, 15) is 18.0 Å². The highest BCUT2D eigenvalue weighted by atomic mass is 79.9. The van der Waals surface area contributed by atoms with Crippen molar-refractivity contribution in [1.29, 1.82) is 0 Å². The van der Waals surface area contributed by atoms with Gasteiger partial charge in [0.1, 0.15) is 17.5 Å². The molecule has 2 aromatic rings. The first-order valence-corrected chi connectivity index (χ1v) is 6.22. The number of hydrogen-bond donors (Lipinski definition) is 0. The fraction of sp³-hybridized carbons (Fsp3) is 0. The van der Waals surface area contributed by atoms with Crippen LogP contribution in [0.4, 0.5) is 13.2 Å². The van der Waals surface area contributed by atoms with Crippen LogP contribution in [0.25, 0.3) is 0 Å². The van der Waals surface area contributed by atoms with Gasteiger partial charge >= 0.3 is 0 Å². The van der Waals surface area contributed by atoms with Crippen LogP contribution in [0.15, 0.2) is 34.8 Å². The molecule has 0 radical (unpaired) electrons. The molecule has 0 aliphatic carbocycles. The molecule has 0 fully saturated rings. The van der Waals surface area contributed by atoms with Gasteiger partial charge in [-0.05, 0) is 40.2 Å². The molecule has 0 amide bonds. The first-order valence-electron chi connectivity index (χ1n) is 5.05. The Kier molecular flexibility index (Phi) is 3.96. The average molecular weight is 350 g/mol. The summed E-state index contributed by atoms with van der Waals surface area (Å²) in [7, 11) is 0. The molecule has 0 spiro atoms. The van der Waals surface area contributed by atoms with Crippen LogP contribution in [-0.2, 0) is 0 Å². The molecule has 0 atom stereocenters. The van der Waals surface area contributed by atoms with Gasteiger partial charge in [0.05, 0.1) is 20.6 Å². The van der Waals surface area contributed by atoms with Crippen LogP contribution < -0.4 is 0 Å². The summed E-state index contributed by atoms with van der Waals surface area (Å²) in [6.45, 7) is 0. The van der Waals surface area contributed by atoms with Crippen molar-refractivity contribution < 1.29 is 18.0 Å². The van der Waals surface area contributed by atoms with Gasteiger partial charge in [0.2, 0.25) is 0 Å². The van der Waals surface area contributed by atoms with Crippen molar-refractivity contribution in [2.24, 2.45) is 0 Å². The Morgan fingerprint density at radius 3 is 2.42 bits per heavy atom. The molecular formula is C13H5BrClF3O. The lowest BCUT2D eigenvalue weighted by Gasteiger charge is -2.06. The van der Waals surface area contributed by atoms with Crippen molar-refractivity contribution in [3.63, 3.8) is 0 Å². The summed E-state index contributed by atoms with van der Waals surface area (Å²) in [5.41, 5.74) is -0.922. The number of benzene rings is 2. The van der Waals surface area contributed by atoms with E-state index in [1.807, 2.05) is 0 Å². The van der Waals surface area contributed by atoms with Crippen molar-refractivity contribution in [3.05, 3.63) is 68.4 Å². The second-order valence-corrected chi connectivity index (χ2v) is 4.94. The zero-order chi connectivity index (χ0) is 14.2. The molecule has 0 N–H and O–H groups in total. The van der Waals surface area contributed by atoms with Gasteiger partial charge < -0.3 is 0 Å². The zero-order valence-corrected chi connectivity index (χ0v) is 11.5. The monoisotopic (exact) mass is 348 g/mol. The fourth-order valence-corrected chi connectivity index (χ4v) is 2.04. The second kappa shape index (κ2) is 5.35. The molecular weight excluding hydrogens is 344 g/mol. The summed E-state index contributed by atoms with van der Waals surface area (Å²) in [5, 5.41) is -0.441. The van der Waals surface area contributed by atoms with Crippen LogP contribution in [0, 0.1) is 17.5 Å². The van der Waals surface area contributed by atoms with Crippen molar-refractivity contribution in [2.45, 2.75) is 0 Å². The molecule has 2 aromatic carbocycles. The molecule has 19 heavy (non-hydrogen) atoms. The van der Waals surface area contributed by atoms with Crippen molar-refractivity contribution in [1.82, 2.24) is 0 Å². The highest BCUT2D eigenvalue weighted by Gasteiger charge is 2.20. The Morgan fingerprint density at radius 2 is 1.74 bits per heavy atom. The standard InChI is InChI=1S/C13H5BrClF3O/c14-8-3-1-2-6(12(8)18)13(19)7-4-11(17)9(15)5-10(7)16/h1-5H. The Labute approximate surface area is 120 Å². The minimum Gasteiger partial charge on any atom is -0.288 e. The Hall–Kier alpha value is -1.33. The van der Waals surface area contributed by atoms with Gasteiger partial charge in [0, 0.05) is 0 Å². The first-order chi connectivity index (χ1) is 8.91. The van der Waals surface area contributed by atoms with Crippen molar-refractivity contribution >= 4 is 33.3 Å². The lowest BCUT2D eigenvalue weighted by molar-refractivity contribution is 0.103. The highest BCUT2D eigenvalue weighted by molar-refractivity contribution is 9.10. The van der Waals surface area contributed by atoms with Crippen molar-refractivity contribution in [3.8, 4) is 0 Å². The molecule has 0 aliphatic rings. The molecule has 0 saturated carbocycles. The Bertz CT molecular complexity index is 673. The summed E-state index contributed by atoms with van der Waals surface area (Å²) < 4.78 is 40.7. The fourth-order valence-electron chi connectivity index (χ4n) is 1.52. The maximum absolute atomic E-state index is 13.7. The van der Waals surface area contributed by atoms with E-state index < -0.39 is 33.8 Å². The van der Waals surface area contributed by atoms with Crippen LogP contribution >= 0.6 is 27.5 Å². The lowest BCUT2D eigenvalue weighted by Crippen LogP contribution is -2.08. The predicted molar refractivity (Wildman–Crippen MR) is 68.9 cm³/mol. The number of carbonyl (C=O) groups excluding carboxylic acids is 1. The largest absolute Gasteiger partial charge is 0.288 e. The Balaban J connectivity index is 2.56. The zero-order valence-electron chi connectivity index (χ0n) is 9.18. The van der Waals surface area contributed by atoms with E-state index in [1.54, 1.807) is 0 Å². The van der Waals surface area contributed by atoms with E-state index in [2.05, 4.69) is 15.9 Å². The van der Waals surface area contributed by atoms with E-state index in [1.165, 1.54) is 18.2 Å². The van der Waals surface area contributed by atoms with Gasteiger partial charge in [-0.3, -0.25) is 4.79 Å². The smallest absolute Gasteiger partial charge is 0.199 e. The molecule has 0 unspecified atom stereocenters. The second-order valence-electron chi connectivity index (χ2n) is 3.68. The normalized spacial score (nSPS) is 10.6. The molecule has 6 heteroatoms. The van der Waals surface area contributed by atoms with Gasteiger partial charge in [0.15, 0.2) is 5.78 Å². The summed E-state index contributed by atoms with van der Waals surface area (Å²) >= 11 is 8.30. The van der Waals surface area contributed by atoms with E-state index in [0.717, 1.165) is 0 Å². The molecule has 0 aromatic heterocycles. The van der Waals surface area contributed by atoms with Crippen LogP contribution in [0.2, 0.25) is 5.02 Å². The summed E-state index contributed by atoms with van der Waals surface area (Å²) in [6.07, 6.45) is 0. The van der Waals surface area contributed by atoms with E-state index in [4.69, 9.17) is 11.6 Å². The van der Waals surface area contributed by atoms with Crippen LogP contribution in [0.3, 0.4) is 0 Å². The summed E-state index contributed by atoms with van der Waals surface area (Å²) in [5.74, 6) is -3.73. The van der Waals surface area contributed by atoms with Gasteiger partial charge in [-0.2, -0.15) is 0 Å². The molecule has 1 nitrogen and oxygen atoms in total. The quantitative estimate of drug-likeness (QED) is 0.565. The third-order valence-corrected chi connectivity index (χ3v) is 3.35. The predicted octanol–water partition coefficient (Wildman–Crippen LogP) is 4.75. The topological polar surface area (TPSA) is 17.1 Å². The lowest BCUT2D eigenvalue weighted by atomic mass is 10.0.